The van der Waals surface area contributed by atoms with Crippen LogP contribution in [0.2, 0.25) is 0 Å². The van der Waals surface area contributed by atoms with Gasteiger partial charge in [0.1, 0.15) is 13.2 Å². The van der Waals surface area contributed by atoms with E-state index in [4.69, 9.17) is 9.05 Å². The van der Waals surface area contributed by atoms with Crippen LogP contribution in [0.25, 0.3) is 0 Å². The van der Waals surface area contributed by atoms with Gasteiger partial charge >= 0.3 is 7.82 Å². The molecule has 0 saturated carbocycles. The Morgan fingerprint density at radius 1 is 0.565 bits per heavy atom. The van der Waals surface area contributed by atoms with Crippen LogP contribution < -0.4 is 5.32 Å². The van der Waals surface area contributed by atoms with E-state index >= 15 is 0 Å². The van der Waals surface area contributed by atoms with Crippen molar-refractivity contribution in [3.63, 3.8) is 0 Å². The van der Waals surface area contributed by atoms with Crippen molar-refractivity contribution in [3.8, 4) is 0 Å². The molecule has 0 fully saturated rings. The van der Waals surface area contributed by atoms with Crippen LogP contribution in [0.3, 0.4) is 0 Å². The number of carbonyl (C=O) groups is 1. The number of amides is 1. The van der Waals surface area contributed by atoms with Crippen LogP contribution in [-0.2, 0) is 18.4 Å². The molecule has 0 aliphatic carbocycles. The van der Waals surface area contributed by atoms with Gasteiger partial charge < -0.3 is 19.8 Å². The zero-order valence-electron chi connectivity index (χ0n) is 40.6. The second-order valence-electron chi connectivity index (χ2n) is 17.8. The lowest BCUT2D eigenvalue weighted by Crippen LogP contribution is -2.45. The van der Waals surface area contributed by atoms with Gasteiger partial charge in [-0.2, -0.15) is 0 Å². The molecule has 3 atom stereocenters. The van der Waals surface area contributed by atoms with Crippen LogP contribution in [0.4, 0.5) is 0 Å². The second-order valence-corrected chi connectivity index (χ2v) is 19.3. The number of aliphatic hydroxyl groups excluding tert-OH is 1. The summed E-state index contributed by atoms with van der Waals surface area (Å²) in [7, 11) is 1.56. The van der Waals surface area contributed by atoms with E-state index in [0.717, 1.165) is 83.5 Å². The molecule has 0 aliphatic heterocycles. The fourth-order valence-electron chi connectivity index (χ4n) is 6.69. The Kier molecular flexibility index (Phi) is 42.3. The molecule has 0 aromatic rings. The van der Waals surface area contributed by atoms with Crippen molar-refractivity contribution in [1.82, 2.24) is 5.32 Å². The normalized spacial score (nSPS) is 14.9. The van der Waals surface area contributed by atoms with E-state index in [-0.39, 0.29) is 19.1 Å². The Labute approximate surface area is 382 Å². The van der Waals surface area contributed by atoms with E-state index in [1.165, 1.54) is 89.9 Å². The Morgan fingerprint density at radius 2 is 0.968 bits per heavy atom. The number of unbranched alkanes of at least 4 members (excludes halogenated alkanes) is 19. The van der Waals surface area contributed by atoms with Crippen molar-refractivity contribution in [3.05, 3.63) is 85.1 Å². The lowest BCUT2D eigenvalue weighted by Gasteiger charge is -2.25. The highest BCUT2D eigenvalue weighted by molar-refractivity contribution is 7.47. The monoisotopic (exact) mass is 888 g/mol. The molecule has 8 nitrogen and oxygen atoms in total. The summed E-state index contributed by atoms with van der Waals surface area (Å²) in [4.78, 5) is 23.0. The van der Waals surface area contributed by atoms with E-state index < -0.39 is 20.0 Å². The molecular formula is C53H96N2O6P+. The molecule has 0 heterocycles. The summed E-state index contributed by atoms with van der Waals surface area (Å²) >= 11 is 0. The number of likely N-dealkylation sites (N-methyl/N-ethyl adjacent to an activating group) is 1. The van der Waals surface area contributed by atoms with E-state index in [0.29, 0.717) is 17.4 Å². The molecule has 1 amide bonds. The Hall–Kier alpha value is -2.32. The Morgan fingerprint density at radius 3 is 1.42 bits per heavy atom. The first-order valence-corrected chi connectivity index (χ1v) is 26.5. The van der Waals surface area contributed by atoms with Gasteiger partial charge in [0.25, 0.3) is 0 Å². The molecule has 0 spiro atoms. The number of rotatable bonds is 44. The maximum absolute atomic E-state index is 12.8. The quantitative estimate of drug-likeness (QED) is 0.0244. The van der Waals surface area contributed by atoms with Crippen LogP contribution in [0, 0.1) is 0 Å². The maximum Gasteiger partial charge on any atom is 0.472 e. The molecular weight excluding hydrogens is 792 g/mol. The van der Waals surface area contributed by atoms with Crippen molar-refractivity contribution < 1.29 is 32.9 Å². The number of carbonyl (C=O) groups excluding carboxylic acids is 1. The summed E-state index contributed by atoms with van der Waals surface area (Å²) in [5, 5.41) is 13.6. The molecule has 0 saturated heterocycles. The molecule has 3 N–H and O–H groups in total. The van der Waals surface area contributed by atoms with Crippen molar-refractivity contribution in [2.75, 3.05) is 40.9 Å². The number of aliphatic hydroxyl groups is 1. The van der Waals surface area contributed by atoms with Gasteiger partial charge in [0.15, 0.2) is 0 Å². The van der Waals surface area contributed by atoms with Crippen LogP contribution in [0.1, 0.15) is 194 Å². The standard InChI is InChI=1S/C53H95N2O6P/c1-6-8-10-12-13-14-15-16-17-18-19-20-21-22-23-24-25-26-27-28-29-30-31-32-33-34-35-36-37-38-39-40-41-43-45-47-53(57)54-51(52(56)46-44-42-11-9-7-2)50-61-62(58,59)60-49-48-55(3,4)5/h8,10,13-14,16-17,19-20,22-23,25-26,44,46,51-52,56H,6-7,9,11-12,15,18,21,24,27-43,45,47-50H2,1-5H3,(H-,54,57,58,59)/p+1/b10-8-,14-13-,17-16-,20-19-,23-22-,26-25-,46-44+. The third-order valence-electron chi connectivity index (χ3n) is 10.6. The minimum Gasteiger partial charge on any atom is -0.387 e. The third-order valence-corrected chi connectivity index (χ3v) is 11.6. The molecule has 358 valence electrons. The second kappa shape index (κ2) is 43.9. The predicted octanol–water partition coefficient (Wildman–Crippen LogP) is 14.5. The van der Waals surface area contributed by atoms with E-state index in [1.807, 2.05) is 27.2 Å². The number of phosphoric ester groups is 1. The van der Waals surface area contributed by atoms with Crippen molar-refractivity contribution in [2.24, 2.45) is 0 Å². The molecule has 0 radical (unpaired) electrons. The first kappa shape index (κ1) is 59.7. The third kappa shape index (κ3) is 45.7. The zero-order chi connectivity index (χ0) is 45.7. The van der Waals surface area contributed by atoms with Gasteiger partial charge in [-0.1, -0.05) is 202 Å². The van der Waals surface area contributed by atoms with Crippen LogP contribution in [0.5, 0.6) is 0 Å². The van der Waals surface area contributed by atoms with Crippen LogP contribution in [0.15, 0.2) is 85.1 Å². The predicted molar refractivity (Wildman–Crippen MR) is 267 cm³/mol. The van der Waals surface area contributed by atoms with E-state index in [9.17, 15) is 19.4 Å². The largest absolute Gasteiger partial charge is 0.472 e. The van der Waals surface area contributed by atoms with E-state index in [2.05, 4.69) is 92.1 Å². The Balaban J connectivity index is 3.85. The molecule has 0 aromatic heterocycles. The number of phosphoric acid groups is 1. The number of nitrogens with zero attached hydrogens (tertiary/aromatic N) is 1. The highest BCUT2D eigenvalue weighted by Gasteiger charge is 2.27. The summed E-state index contributed by atoms with van der Waals surface area (Å²) < 4.78 is 23.4. The van der Waals surface area contributed by atoms with Crippen molar-refractivity contribution >= 4 is 13.7 Å². The number of hydrogen-bond donors (Lipinski definition) is 3. The SMILES string of the molecule is CC/C=C\C/C=C\C/C=C\C/C=C\C/C=C\C/C=C\CCCCCCCCCCCCCCCCCCC(=O)NC(COP(=O)(O)OCC[N+](C)(C)C)C(O)/C=C/CCCCC. The first-order chi connectivity index (χ1) is 30.0. The molecule has 0 aliphatic rings. The highest BCUT2D eigenvalue weighted by Crippen LogP contribution is 2.43. The average molecular weight is 888 g/mol. The first-order valence-electron chi connectivity index (χ1n) is 25.0. The molecule has 0 aromatic carbocycles. The molecule has 3 unspecified atom stereocenters. The highest BCUT2D eigenvalue weighted by atomic mass is 31.2. The fraction of sp³-hybridized carbons (Fsp3) is 0.717. The minimum absolute atomic E-state index is 0.0582. The van der Waals surface area contributed by atoms with Gasteiger partial charge in [0, 0.05) is 6.42 Å². The van der Waals surface area contributed by atoms with Gasteiger partial charge in [-0.15, -0.1) is 0 Å². The molecule has 9 heteroatoms. The fourth-order valence-corrected chi connectivity index (χ4v) is 7.43. The zero-order valence-corrected chi connectivity index (χ0v) is 41.5. The summed E-state index contributed by atoms with van der Waals surface area (Å²) in [6.45, 7) is 4.57. The maximum atomic E-state index is 12.8. The summed E-state index contributed by atoms with van der Waals surface area (Å²) in [6, 6.07) is -0.845. The lowest BCUT2D eigenvalue weighted by atomic mass is 10.0. The summed E-state index contributed by atoms with van der Waals surface area (Å²) in [6.07, 6.45) is 61.6. The minimum atomic E-state index is -4.33. The number of nitrogens with one attached hydrogen (secondary N) is 1. The average Bonchev–Trinajstić information content (AvgIpc) is 3.23. The molecule has 62 heavy (non-hydrogen) atoms. The summed E-state index contributed by atoms with van der Waals surface area (Å²) in [5.74, 6) is -0.187. The van der Waals surface area contributed by atoms with Gasteiger partial charge in [0.05, 0.1) is 39.9 Å². The topological polar surface area (TPSA) is 105 Å². The van der Waals surface area contributed by atoms with Crippen molar-refractivity contribution in [1.29, 1.82) is 0 Å². The van der Waals surface area contributed by atoms with Gasteiger partial charge in [-0.25, -0.2) is 4.57 Å². The molecule has 0 rings (SSSR count). The van der Waals surface area contributed by atoms with Crippen LogP contribution in [-0.4, -0.2) is 73.4 Å². The Bertz CT molecular complexity index is 1280. The number of allylic oxidation sites excluding steroid dienone is 13. The van der Waals surface area contributed by atoms with E-state index in [1.54, 1.807) is 6.08 Å². The summed E-state index contributed by atoms with van der Waals surface area (Å²) in [5.41, 5.74) is 0. The van der Waals surface area contributed by atoms with Gasteiger partial charge in [-0.3, -0.25) is 13.8 Å². The van der Waals surface area contributed by atoms with Crippen molar-refractivity contribution in [2.45, 2.75) is 206 Å². The van der Waals surface area contributed by atoms with Gasteiger partial charge in [-0.05, 0) is 70.6 Å². The number of hydrogen-bond acceptors (Lipinski definition) is 5. The lowest BCUT2D eigenvalue weighted by molar-refractivity contribution is -0.870. The smallest absolute Gasteiger partial charge is 0.387 e. The molecule has 0 bridgehead atoms. The van der Waals surface area contributed by atoms with Crippen LogP contribution >= 0.6 is 7.82 Å². The number of quaternary nitrogens is 1. The van der Waals surface area contributed by atoms with Gasteiger partial charge in [0.2, 0.25) is 5.91 Å².